The van der Waals surface area contributed by atoms with Crippen LogP contribution in [0.2, 0.25) is 5.02 Å². The summed E-state index contributed by atoms with van der Waals surface area (Å²) in [5.41, 5.74) is -0.379. The highest BCUT2D eigenvalue weighted by atomic mass is 35.5. The van der Waals surface area contributed by atoms with Crippen LogP contribution >= 0.6 is 11.6 Å². The van der Waals surface area contributed by atoms with Crippen LogP contribution < -0.4 is 10.4 Å². The highest BCUT2D eigenvalue weighted by Gasteiger charge is 2.47. The van der Waals surface area contributed by atoms with Crippen LogP contribution in [-0.2, 0) is 13.6 Å². The number of allylic oxidation sites excluding steroid dienone is 2. The molecule has 0 radical (unpaired) electrons. The van der Waals surface area contributed by atoms with E-state index in [0.29, 0.717) is 0 Å². The molecule has 28 heavy (non-hydrogen) atoms. The molecule has 1 unspecified atom stereocenters. The molecule has 3 rings (SSSR count). The highest BCUT2D eigenvalue weighted by Crippen LogP contribution is 2.35. The van der Waals surface area contributed by atoms with E-state index in [9.17, 15) is 18.0 Å². The van der Waals surface area contributed by atoms with E-state index in [2.05, 4.69) is 10.2 Å². The van der Waals surface area contributed by atoms with Gasteiger partial charge in [-0.15, -0.1) is 0 Å². The Balaban J connectivity index is 1.92. The van der Waals surface area contributed by atoms with Gasteiger partial charge in [-0.25, -0.2) is 9.89 Å². The minimum absolute atomic E-state index is 0.00645. The van der Waals surface area contributed by atoms with Gasteiger partial charge in [0.05, 0.1) is 18.2 Å². The summed E-state index contributed by atoms with van der Waals surface area (Å²) in [5.74, 6) is -0.270. The molecule has 11 heteroatoms. The molecule has 2 aromatic rings. The maximum absolute atomic E-state index is 13.8. The summed E-state index contributed by atoms with van der Waals surface area (Å²) in [6.07, 6.45) is -0.867. The number of nitrogens with zero attached hydrogens (tertiary/aromatic N) is 4. The normalized spacial score (nSPS) is 16.6. The van der Waals surface area contributed by atoms with E-state index in [0.717, 1.165) is 9.47 Å². The lowest BCUT2D eigenvalue weighted by atomic mass is 10.1. The smallest absolute Gasteiger partial charge is 0.416 e. The van der Waals surface area contributed by atoms with Crippen molar-refractivity contribution >= 4 is 11.6 Å². The number of nitriles is 1. The van der Waals surface area contributed by atoms with Gasteiger partial charge >= 0.3 is 11.9 Å². The van der Waals surface area contributed by atoms with E-state index in [-0.39, 0.29) is 28.7 Å². The van der Waals surface area contributed by atoms with Crippen molar-refractivity contribution in [2.75, 3.05) is 0 Å². The number of halogens is 4. The first-order valence-corrected chi connectivity index (χ1v) is 8.26. The maximum Gasteiger partial charge on any atom is 0.416 e. The zero-order valence-electron chi connectivity index (χ0n) is 14.4. The minimum atomic E-state index is -4.68. The van der Waals surface area contributed by atoms with Crippen LogP contribution in [0, 0.1) is 11.3 Å². The van der Waals surface area contributed by atoms with Crippen molar-refractivity contribution in [3.8, 4) is 11.8 Å². The monoisotopic (exact) mass is 411 g/mol. The van der Waals surface area contributed by atoms with Gasteiger partial charge in [0.1, 0.15) is 11.5 Å². The van der Waals surface area contributed by atoms with Gasteiger partial charge in [0.15, 0.2) is 11.9 Å². The Morgan fingerprint density at radius 3 is 2.75 bits per heavy atom. The summed E-state index contributed by atoms with van der Waals surface area (Å²) in [6, 6.07) is 3.72. The Bertz CT molecular complexity index is 1050. The van der Waals surface area contributed by atoms with Gasteiger partial charge in [-0.05, 0) is 30.4 Å². The number of hydrogen-bond donors (Lipinski definition) is 1. The first-order chi connectivity index (χ1) is 13.2. The number of aromatic amines is 1. The van der Waals surface area contributed by atoms with Crippen molar-refractivity contribution in [2.24, 2.45) is 7.05 Å². The van der Waals surface area contributed by atoms with Crippen molar-refractivity contribution in [1.82, 2.24) is 19.7 Å². The fourth-order valence-corrected chi connectivity index (χ4v) is 2.90. The Morgan fingerprint density at radius 2 is 2.14 bits per heavy atom. The lowest BCUT2D eigenvalue weighted by Crippen LogP contribution is -2.46. The number of H-pyrrole nitrogens is 1. The summed E-state index contributed by atoms with van der Waals surface area (Å²) in [5, 5.41) is 15.1. The quantitative estimate of drug-likeness (QED) is 0.836. The SMILES string of the molecule is Cn1c(CN2C=CC=C(Oc3cc(Cl)cc(C#N)c3)C2C(F)(F)F)n[nH]c1=O. The Kier molecular flexibility index (Phi) is 5.20. The second-order valence-corrected chi connectivity index (χ2v) is 6.36. The summed E-state index contributed by atoms with van der Waals surface area (Å²) >= 11 is 5.89. The van der Waals surface area contributed by atoms with Crippen molar-refractivity contribution in [3.05, 3.63) is 69.2 Å². The van der Waals surface area contributed by atoms with E-state index in [1.165, 1.54) is 43.6 Å². The van der Waals surface area contributed by atoms with Crippen LogP contribution in [0.25, 0.3) is 0 Å². The molecule has 1 aromatic carbocycles. The van der Waals surface area contributed by atoms with Crippen LogP contribution in [0.1, 0.15) is 11.4 Å². The van der Waals surface area contributed by atoms with Crippen LogP contribution in [0.5, 0.6) is 5.75 Å². The summed E-state index contributed by atoms with van der Waals surface area (Å²) in [7, 11) is 1.40. The third-order valence-corrected chi connectivity index (χ3v) is 4.20. The molecule has 2 heterocycles. The molecule has 1 aliphatic heterocycles. The average molecular weight is 412 g/mol. The molecule has 0 fully saturated rings. The zero-order valence-corrected chi connectivity index (χ0v) is 15.1. The van der Waals surface area contributed by atoms with Crippen molar-refractivity contribution in [1.29, 1.82) is 5.26 Å². The molecule has 0 bridgehead atoms. The molecule has 0 amide bonds. The predicted octanol–water partition coefficient (Wildman–Crippen LogP) is 2.86. The number of nitrogens with one attached hydrogen (secondary N) is 1. The fraction of sp³-hybridized carbons (Fsp3) is 0.235. The number of aromatic nitrogens is 3. The second kappa shape index (κ2) is 7.44. The molecule has 0 saturated carbocycles. The number of rotatable bonds is 4. The van der Waals surface area contributed by atoms with Crippen LogP contribution in [0.3, 0.4) is 0 Å². The van der Waals surface area contributed by atoms with Gasteiger partial charge < -0.3 is 9.64 Å². The molecule has 0 aliphatic carbocycles. The molecule has 0 saturated heterocycles. The number of ether oxygens (including phenoxy) is 1. The van der Waals surface area contributed by atoms with E-state index < -0.39 is 23.7 Å². The van der Waals surface area contributed by atoms with Crippen LogP contribution in [0.4, 0.5) is 13.2 Å². The van der Waals surface area contributed by atoms with Gasteiger partial charge in [-0.1, -0.05) is 11.6 Å². The zero-order chi connectivity index (χ0) is 20.5. The van der Waals surface area contributed by atoms with Gasteiger partial charge in [0.2, 0.25) is 0 Å². The van der Waals surface area contributed by atoms with Gasteiger partial charge in [-0.3, -0.25) is 4.57 Å². The highest BCUT2D eigenvalue weighted by molar-refractivity contribution is 6.30. The molecular weight excluding hydrogens is 399 g/mol. The van der Waals surface area contributed by atoms with Gasteiger partial charge in [0, 0.05) is 18.3 Å². The topological polar surface area (TPSA) is 86.9 Å². The Morgan fingerprint density at radius 1 is 1.39 bits per heavy atom. The van der Waals surface area contributed by atoms with Gasteiger partial charge in [-0.2, -0.15) is 23.5 Å². The third-order valence-electron chi connectivity index (χ3n) is 3.98. The summed E-state index contributed by atoms with van der Waals surface area (Å²) in [6.45, 7) is -0.282. The second-order valence-electron chi connectivity index (χ2n) is 5.92. The largest absolute Gasteiger partial charge is 0.459 e. The van der Waals surface area contributed by atoms with Crippen LogP contribution in [-0.4, -0.2) is 31.9 Å². The molecule has 7 nitrogen and oxygen atoms in total. The van der Waals surface area contributed by atoms with E-state index in [1.54, 1.807) is 0 Å². The molecular formula is C17H13ClF3N5O2. The molecule has 1 aliphatic rings. The summed E-state index contributed by atoms with van der Waals surface area (Å²) in [4.78, 5) is 12.4. The predicted molar refractivity (Wildman–Crippen MR) is 93.2 cm³/mol. The standard InChI is InChI=1S/C17H13ClF3N5O2/c1-25-14(23-24-16(25)27)9-26-4-2-3-13(15(26)17(19,20)21)28-12-6-10(8-22)5-11(18)7-12/h2-7,15H,9H2,1H3,(H,24,27). The Labute approximate surface area is 161 Å². The minimum Gasteiger partial charge on any atom is -0.459 e. The maximum atomic E-state index is 13.8. The first kappa shape index (κ1) is 19.6. The lowest BCUT2D eigenvalue weighted by molar-refractivity contribution is -0.174. The molecule has 0 spiro atoms. The van der Waals surface area contributed by atoms with E-state index in [4.69, 9.17) is 21.6 Å². The van der Waals surface area contributed by atoms with Crippen molar-refractivity contribution < 1.29 is 17.9 Å². The molecule has 1 atom stereocenters. The summed E-state index contributed by atoms with van der Waals surface area (Å²) < 4.78 is 48.0. The number of benzene rings is 1. The molecule has 1 aromatic heterocycles. The first-order valence-electron chi connectivity index (χ1n) is 7.88. The number of alkyl halides is 3. The third kappa shape index (κ3) is 4.04. The number of hydrogen-bond acceptors (Lipinski definition) is 5. The van der Waals surface area contributed by atoms with Crippen molar-refractivity contribution in [3.63, 3.8) is 0 Å². The van der Waals surface area contributed by atoms with Crippen molar-refractivity contribution in [2.45, 2.75) is 18.8 Å². The van der Waals surface area contributed by atoms with Crippen LogP contribution in [0.15, 0.2) is 47.1 Å². The lowest BCUT2D eigenvalue weighted by Gasteiger charge is -2.34. The fourth-order valence-electron chi connectivity index (χ4n) is 2.68. The molecule has 1 N–H and O–H groups in total. The molecule has 146 valence electrons. The van der Waals surface area contributed by atoms with E-state index in [1.807, 2.05) is 6.07 Å². The van der Waals surface area contributed by atoms with E-state index >= 15 is 0 Å². The Hall–Kier alpha value is -3.19. The van der Waals surface area contributed by atoms with Gasteiger partial charge in [0.25, 0.3) is 0 Å². The average Bonchev–Trinajstić information content (AvgIpc) is 2.92.